The molecule has 2 heterocycles. The number of rotatable bonds is 5. The second-order valence-electron chi connectivity index (χ2n) is 10.8. The van der Waals surface area contributed by atoms with Crippen LogP contribution in [0, 0.1) is 11.3 Å². The Bertz CT molecular complexity index is 2370. The van der Waals surface area contributed by atoms with E-state index in [1.165, 1.54) is 0 Å². The molecule has 0 fully saturated rings. The fraction of sp³-hybridized carbons (Fsp3) is 0. The van der Waals surface area contributed by atoms with Gasteiger partial charge in [-0.15, -0.1) is 0 Å². The van der Waals surface area contributed by atoms with Crippen LogP contribution in [0.3, 0.4) is 0 Å². The van der Waals surface area contributed by atoms with Crippen LogP contribution in [-0.2, 0) is 0 Å². The van der Waals surface area contributed by atoms with Crippen LogP contribution < -0.4 is 0 Å². The van der Waals surface area contributed by atoms with Crippen molar-refractivity contribution >= 4 is 21.9 Å². The van der Waals surface area contributed by atoms with Crippen molar-refractivity contribution in [3.8, 4) is 62.5 Å². The Morgan fingerprint density at radius 3 is 1.84 bits per heavy atom. The number of hydrogen-bond donors (Lipinski definition) is 0. The lowest BCUT2D eigenvalue weighted by atomic mass is 9.95. The van der Waals surface area contributed by atoms with Gasteiger partial charge in [-0.25, -0.2) is 15.0 Å². The first kappa shape index (κ1) is 26.3. The molecular formula is C40H24N4O. The van der Waals surface area contributed by atoms with Crippen LogP contribution in [0.2, 0.25) is 0 Å². The van der Waals surface area contributed by atoms with Crippen molar-refractivity contribution in [1.29, 1.82) is 5.26 Å². The summed E-state index contributed by atoms with van der Waals surface area (Å²) in [6, 6.07) is 50.5. The molecule has 2 aromatic heterocycles. The Hall–Kier alpha value is -6.38. The van der Waals surface area contributed by atoms with Crippen molar-refractivity contribution in [2.24, 2.45) is 0 Å². The molecule has 210 valence electrons. The molecule has 0 aliphatic heterocycles. The van der Waals surface area contributed by atoms with Crippen LogP contribution in [0.4, 0.5) is 0 Å². The lowest BCUT2D eigenvalue weighted by molar-refractivity contribution is 0.669. The van der Waals surface area contributed by atoms with Gasteiger partial charge in [0.2, 0.25) is 0 Å². The molecule has 45 heavy (non-hydrogen) atoms. The lowest BCUT2D eigenvalue weighted by Gasteiger charge is -2.13. The molecule has 5 nitrogen and oxygen atoms in total. The maximum absolute atomic E-state index is 9.43. The minimum atomic E-state index is 0.507. The first-order valence-electron chi connectivity index (χ1n) is 14.7. The van der Waals surface area contributed by atoms with Crippen molar-refractivity contribution in [2.45, 2.75) is 0 Å². The molecule has 0 atom stereocenters. The fourth-order valence-corrected chi connectivity index (χ4v) is 5.78. The third kappa shape index (κ3) is 4.81. The average Bonchev–Trinajstić information content (AvgIpc) is 3.51. The van der Waals surface area contributed by atoms with E-state index in [4.69, 9.17) is 19.4 Å². The number of fused-ring (bicyclic) bond motifs is 3. The summed E-state index contributed by atoms with van der Waals surface area (Å²) in [4.78, 5) is 15.2. The smallest absolute Gasteiger partial charge is 0.168 e. The molecule has 0 saturated heterocycles. The van der Waals surface area contributed by atoms with Crippen molar-refractivity contribution in [1.82, 2.24) is 15.0 Å². The van der Waals surface area contributed by atoms with Gasteiger partial charge in [-0.05, 0) is 52.6 Å². The van der Waals surface area contributed by atoms with E-state index in [0.717, 1.165) is 55.3 Å². The largest absolute Gasteiger partial charge is 0.455 e. The number of furan rings is 1. The Morgan fingerprint density at radius 1 is 0.467 bits per heavy atom. The summed E-state index contributed by atoms with van der Waals surface area (Å²) >= 11 is 0. The molecule has 0 aliphatic carbocycles. The van der Waals surface area contributed by atoms with E-state index in [0.29, 0.717) is 28.6 Å². The first-order valence-corrected chi connectivity index (χ1v) is 14.7. The highest BCUT2D eigenvalue weighted by molar-refractivity contribution is 6.12. The lowest BCUT2D eigenvalue weighted by Crippen LogP contribution is -2.01. The molecule has 5 heteroatoms. The Kier molecular flexibility index (Phi) is 6.44. The summed E-state index contributed by atoms with van der Waals surface area (Å²) in [5.74, 6) is 1.64. The van der Waals surface area contributed by atoms with E-state index in [2.05, 4.69) is 48.5 Å². The van der Waals surface area contributed by atoms with Gasteiger partial charge >= 0.3 is 0 Å². The van der Waals surface area contributed by atoms with E-state index in [1.54, 1.807) is 0 Å². The van der Waals surface area contributed by atoms with Gasteiger partial charge in [0.1, 0.15) is 11.2 Å². The number of benzene rings is 6. The predicted molar refractivity (Wildman–Crippen MR) is 179 cm³/mol. The molecule has 8 rings (SSSR count). The zero-order chi connectivity index (χ0) is 30.2. The Labute approximate surface area is 259 Å². The summed E-state index contributed by atoms with van der Waals surface area (Å²) < 4.78 is 6.56. The second kappa shape index (κ2) is 11.0. The van der Waals surface area contributed by atoms with E-state index in [9.17, 15) is 5.26 Å². The van der Waals surface area contributed by atoms with Crippen molar-refractivity contribution in [2.75, 3.05) is 0 Å². The normalized spacial score (nSPS) is 11.1. The highest BCUT2D eigenvalue weighted by Gasteiger charge is 2.22. The van der Waals surface area contributed by atoms with Gasteiger partial charge < -0.3 is 4.42 Å². The van der Waals surface area contributed by atoms with Crippen molar-refractivity contribution in [3.05, 3.63) is 151 Å². The molecule has 8 aromatic rings. The zero-order valence-corrected chi connectivity index (χ0v) is 24.1. The number of aromatic nitrogens is 3. The number of nitriles is 1. The molecule has 6 aromatic carbocycles. The van der Waals surface area contributed by atoms with Crippen LogP contribution in [0.25, 0.3) is 78.4 Å². The highest BCUT2D eigenvalue weighted by atomic mass is 16.3. The van der Waals surface area contributed by atoms with E-state index in [-0.39, 0.29) is 0 Å². The maximum Gasteiger partial charge on any atom is 0.168 e. The highest BCUT2D eigenvalue weighted by Crippen LogP contribution is 2.42. The van der Waals surface area contributed by atoms with E-state index >= 15 is 0 Å². The maximum atomic E-state index is 9.43. The van der Waals surface area contributed by atoms with Crippen LogP contribution in [-0.4, -0.2) is 15.0 Å². The minimum absolute atomic E-state index is 0.507. The zero-order valence-electron chi connectivity index (χ0n) is 24.1. The quantitative estimate of drug-likeness (QED) is 0.204. The third-order valence-corrected chi connectivity index (χ3v) is 7.99. The molecule has 0 saturated carbocycles. The fourth-order valence-electron chi connectivity index (χ4n) is 5.78. The molecule has 0 aliphatic rings. The number of para-hydroxylation sites is 1. The van der Waals surface area contributed by atoms with Gasteiger partial charge in [-0.2, -0.15) is 5.26 Å². The molecule has 0 amide bonds. The summed E-state index contributed by atoms with van der Waals surface area (Å²) in [7, 11) is 0. The van der Waals surface area contributed by atoms with Gasteiger partial charge in [0, 0.05) is 21.9 Å². The molecule has 0 spiro atoms. The second-order valence-corrected chi connectivity index (χ2v) is 10.8. The van der Waals surface area contributed by atoms with Gasteiger partial charge in [-0.3, -0.25) is 0 Å². The SMILES string of the molecule is N#Cc1ccc(-c2ccc3c(oc4ccccc43)c2-c2nc(-c3ccccc3)nc(-c3cccc(-c4ccccc4)c3)n2)cc1. The molecule has 0 N–H and O–H groups in total. The monoisotopic (exact) mass is 576 g/mol. The number of nitrogens with zero attached hydrogens (tertiary/aromatic N) is 4. The average molecular weight is 577 g/mol. The number of hydrogen-bond acceptors (Lipinski definition) is 5. The van der Waals surface area contributed by atoms with Gasteiger partial charge in [0.25, 0.3) is 0 Å². The third-order valence-electron chi connectivity index (χ3n) is 7.99. The summed E-state index contributed by atoms with van der Waals surface area (Å²) in [5.41, 5.74) is 8.66. The standard InChI is InChI=1S/C40H24N4O/c41-25-26-18-20-28(21-19-26)32-22-23-34-33-16-7-8-17-35(33)45-37(34)36(32)40-43-38(29-12-5-2-6-13-29)42-39(44-40)31-15-9-14-30(24-31)27-10-3-1-4-11-27/h1-24H. The minimum Gasteiger partial charge on any atom is -0.455 e. The summed E-state index contributed by atoms with van der Waals surface area (Å²) in [6.45, 7) is 0. The van der Waals surface area contributed by atoms with Crippen molar-refractivity contribution < 1.29 is 4.42 Å². The van der Waals surface area contributed by atoms with Crippen LogP contribution in [0.15, 0.2) is 150 Å². The molecule has 0 bridgehead atoms. The summed E-state index contributed by atoms with van der Waals surface area (Å²) in [5, 5.41) is 11.4. The predicted octanol–water partition coefficient (Wildman–Crippen LogP) is 9.98. The van der Waals surface area contributed by atoms with Gasteiger partial charge in [0.05, 0.1) is 17.2 Å². The molecule has 0 radical (unpaired) electrons. The molecular weight excluding hydrogens is 552 g/mol. The van der Waals surface area contributed by atoms with Crippen LogP contribution in [0.1, 0.15) is 5.56 Å². The van der Waals surface area contributed by atoms with Crippen LogP contribution in [0.5, 0.6) is 0 Å². The topological polar surface area (TPSA) is 75.6 Å². The Morgan fingerprint density at radius 2 is 1.09 bits per heavy atom. The van der Waals surface area contributed by atoms with Crippen LogP contribution >= 0.6 is 0 Å². The molecule has 0 unspecified atom stereocenters. The van der Waals surface area contributed by atoms with Crippen molar-refractivity contribution in [3.63, 3.8) is 0 Å². The van der Waals surface area contributed by atoms with E-state index < -0.39 is 0 Å². The van der Waals surface area contributed by atoms with E-state index in [1.807, 2.05) is 103 Å². The van der Waals surface area contributed by atoms with Gasteiger partial charge in [-0.1, -0.05) is 115 Å². The van der Waals surface area contributed by atoms with Gasteiger partial charge in [0.15, 0.2) is 17.5 Å². The first-order chi connectivity index (χ1) is 22.2. The Balaban J connectivity index is 1.42. The summed E-state index contributed by atoms with van der Waals surface area (Å²) in [6.07, 6.45) is 0.